The number of ketones is 1. The molecule has 0 saturated carbocycles. The van der Waals surface area contributed by atoms with Crippen molar-refractivity contribution in [1.29, 1.82) is 0 Å². The molecular formula is C25H21NO4. The molecule has 1 fully saturated rings. The van der Waals surface area contributed by atoms with Crippen LogP contribution in [0.3, 0.4) is 0 Å². The van der Waals surface area contributed by atoms with Crippen molar-refractivity contribution >= 4 is 23.6 Å². The van der Waals surface area contributed by atoms with Crippen LogP contribution in [0.5, 0.6) is 5.75 Å². The highest BCUT2D eigenvalue weighted by atomic mass is 16.6. The van der Waals surface area contributed by atoms with Crippen LogP contribution >= 0.6 is 0 Å². The second kappa shape index (κ2) is 9.09. The standard InChI is InChI=1S/C25H21NO4/c27-23(21-10-6-11-22(17-21)26-15-16-29-25(26)28)14-13-20-9-4-5-12-24(20)30-18-19-7-2-1-3-8-19/h1-14,17H,15-16,18H2/b14-13+. The molecule has 0 spiro atoms. The number of benzene rings is 3. The highest BCUT2D eigenvalue weighted by Gasteiger charge is 2.23. The summed E-state index contributed by atoms with van der Waals surface area (Å²) in [5.74, 6) is 0.557. The van der Waals surface area contributed by atoms with Crippen LogP contribution < -0.4 is 9.64 Å². The van der Waals surface area contributed by atoms with E-state index in [4.69, 9.17) is 9.47 Å². The van der Waals surface area contributed by atoms with Crippen LogP contribution in [0.25, 0.3) is 6.08 Å². The molecule has 0 aliphatic carbocycles. The number of nitrogens with zero attached hydrogens (tertiary/aromatic N) is 1. The lowest BCUT2D eigenvalue weighted by Crippen LogP contribution is -2.23. The van der Waals surface area contributed by atoms with Gasteiger partial charge in [-0.05, 0) is 35.9 Å². The Morgan fingerprint density at radius 3 is 2.60 bits per heavy atom. The fraction of sp³-hybridized carbons (Fsp3) is 0.120. The summed E-state index contributed by atoms with van der Waals surface area (Å²) in [5, 5.41) is 0. The molecule has 5 heteroatoms. The van der Waals surface area contributed by atoms with E-state index < -0.39 is 0 Å². The van der Waals surface area contributed by atoms with Crippen molar-refractivity contribution in [3.63, 3.8) is 0 Å². The number of ether oxygens (including phenoxy) is 2. The van der Waals surface area contributed by atoms with Crippen molar-refractivity contribution < 1.29 is 19.1 Å². The maximum atomic E-state index is 12.7. The lowest BCUT2D eigenvalue weighted by molar-refractivity contribution is 0.104. The number of hydrogen-bond donors (Lipinski definition) is 0. The third-order valence-corrected chi connectivity index (χ3v) is 4.77. The Kier molecular flexibility index (Phi) is 5.90. The Balaban J connectivity index is 1.47. The van der Waals surface area contributed by atoms with E-state index in [-0.39, 0.29) is 11.9 Å². The fourth-order valence-corrected chi connectivity index (χ4v) is 3.20. The summed E-state index contributed by atoms with van der Waals surface area (Å²) >= 11 is 0. The first-order valence-corrected chi connectivity index (χ1v) is 9.73. The minimum absolute atomic E-state index is 0.151. The van der Waals surface area contributed by atoms with Crippen molar-refractivity contribution in [3.05, 3.63) is 102 Å². The topological polar surface area (TPSA) is 55.8 Å². The van der Waals surface area contributed by atoms with Gasteiger partial charge in [0.2, 0.25) is 0 Å². The zero-order valence-corrected chi connectivity index (χ0v) is 16.4. The van der Waals surface area contributed by atoms with Crippen molar-refractivity contribution in [2.24, 2.45) is 0 Å². The van der Waals surface area contributed by atoms with E-state index in [2.05, 4.69) is 0 Å². The Labute approximate surface area is 175 Å². The van der Waals surface area contributed by atoms with E-state index in [0.29, 0.717) is 36.8 Å². The van der Waals surface area contributed by atoms with Crippen LogP contribution in [0.15, 0.2) is 84.9 Å². The molecule has 1 saturated heterocycles. The third-order valence-electron chi connectivity index (χ3n) is 4.77. The first kappa shape index (κ1) is 19.5. The Hall–Kier alpha value is -3.86. The summed E-state index contributed by atoms with van der Waals surface area (Å²) in [6.07, 6.45) is 2.88. The van der Waals surface area contributed by atoms with E-state index in [1.54, 1.807) is 30.3 Å². The summed E-state index contributed by atoms with van der Waals surface area (Å²) in [6, 6.07) is 24.5. The first-order valence-electron chi connectivity index (χ1n) is 9.73. The monoisotopic (exact) mass is 399 g/mol. The van der Waals surface area contributed by atoms with Gasteiger partial charge in [-0.1, -0.05) is 60.7 Å². The van der Waals surface area contributed by atoms with Crippen LogP contribution in [0, 0.1) is 0 Å². The predicted molar refractivity (Wildman–Crippen MR) is 116 cm³/mol. The van der Waals surface area contributed by atoms with Gasteiger partial charge >= 0.3 is 6.09 Å². The second-order valence-electron chi connectivity index (χ2n) is 6.83. The number of rotatable bonds is 7. The SMILES string of the molecule is O=C(/C=C/c1ccccc1OCc1ccccc1)c1cccc(N2CCOC2=O)c1. The van der Waals surface area contributed by atoms with Gasteiger partial charge in [0.15, 0.2) is 5.78 Å². The zero-order chi connectivity index (χ0) is 20.8. The lowest BCUT2D eigenvalue weighted by atomic mass is 10.1. The molecule has 30 heavy (non-hydrogen) atoms. The van der Waals surface area contributed by atoms with Crippen LogP contribution in [-0.2, 0) is 11.3 Å². The summed E-state index contributed by atoms with van der Waals surface area (Å²) in [6.45, 7) is 1.29. The molecule has 0 radical (unpaired) electrons. The van der Waals surface area contributed by atoms with Gasteiger partial charge in [-0.15, -0.1) is 0 Å². The predicted octanol–water partition coefficient (Wildman–Crippen LogP) is 5.12. The van der Waals surface area contributed by atoms with Gasteiger partial charge in [0.05, 0.1) is 6.54 Å². The molecule has 0 aromatic heterocycles. The number of cyclic esters (lactones) is 1. The molecule has 1 aliphatic rings. The number of carbonyl (C=O) groups excluding carboxylic acids is 2. The van der Waals surface area contributed by atoms with Crippen molar-refractivity contribution in [2.75, 3.05) is 18.1 Å². The number of anilines is 1. The molecule has 0 N–H and O–H groups in total. The summed E-state index contributed by atoms with van der Waals surface area (Å²) in [7, 11) is 0. The van der Waals surface area contributed by atoms with Gasteiger partial charge in [-0.3, -0.25) is 9.69 Å². The number of para-hydroxylation sites is 1. The molecule has 3 aromatic rings. The number of amides is 1. The highest BCUT2D eigenvalue weighted by Crippen LogP contribution is 2.23. The molecule has 4 rings (SSSR count). The van der Waals surface area contributed by atoms with E-state index in [1.165, 1.54) is 11.0 Å². The van der Waals surface area contributed by atoms with Crippen LogP contribution in [0.2, 0.25) is 0 Å². The van der Waals surface area contributed by atoms with Crippen molar-refractivity contribution in [3.8, 4) is 5.75 Å². The van der Waals surface area contributed by atoms with E-state index in [0.717, 1.165) is 11.1 Å². The number of allylic oxidation sites excluding steroid dienone is 1. The van der Waals surface area contributed by atoms with Gasteiger partial charge in [0, 0.05) is 16.8 Å². The second-order valence-corrected chi connectivity index (χ2v) is 6.83. The largest absolute Gasteiger partial charge is 0.488 e. The van der Waals surface area contributed by atoms with Gasteiger partial charge in [-0.2, -0.15) is 0 Å². The highest BCUT2D eigenvalue weighted by molar-refractivity contribution is 6.07. The van der Waals surface area contributed by atoms with Gasteiger partial charge in [0.25, 0.3) is 0 Å². The Bertz CT molecular complexity index is 1080. The van der Waals surface area contributed by atoms with E-state index >= 15 is 0 Å². The lowest BCUT2D eigenvalue weighted by Gasteiger charge is -2.13. The Morgan fingerprint density at radius 1 is 1.00 bits per heavy atom. The summed E-state index contributed by atoms with van der Waals surface area (Å²) < 4.78 is 10.9. The average Bonchev–Trinajstić information content (AvgIpc) is 3.23. The normalized spacial score (nSPS) is 13.5. The van der Waals surface area contributed by atoms with Crippen molar-refractivity contribution in [1.82, 2.24) is 0 Å². The molecular weight excluding hydrogens is 378 g/mol. The molecule has 0 atom stereocenters. The van der Waals surface area contributed by atoms with Gasteiger partial charge in [0.1, 0.15) is 19.0 Å². The van der Waals surface area contributed by atoms with Crippen LogP contribution in [0.1, 0.15) is 21.5 Å². The van der Waals surface area contributed by atoms with Crippen molar-refractivity contribution in [2.45, 2.75) is 6.61 Å². The molecule has 5 nitrogen and oxygen atoms in total. The minimum atomic E-state index is -0.389. The molecule has 1 amide bonds. The molecule has 0 bridgehead atoms. The van der Waals surface area contributed by atoms with Crippen LogP contribution in [0.4, 0.5) is 10.5 Å². The van der Waals surface area contributed by atoms with Gasteiger partial charge < -0.3 is 9.47 Å². The molecule has 0 unspecified atom stereocenters. The average molecular weight is 399 g/mol. The van der Waals surface area contributed by atoms with Crippen LogP contribution in [-0.4, -0.2) is 25.0 Å². The maximum Gasteiger partial charge on any atom is 0.414 e. The molecule has 1 heterocycles. The quantitative estimate of drug-likeness (QED) is 0.409. The minimum Gasteiger partial charge on any atom is -0.488 e. The number of carbonyl (C=O) groups is 2. The first-order chi connectivity index (χ1) is 14.7. The summed E-state index contributed by atoms with van der Waals surface area (Å²) in [5.41, 5.74) is 3.06. The zero-order valence-electron chi connectivity index (χ0n) is 16.4. The molecule has 150 valence electrons. The van der Waals surface area contributed by atoms with E-state index in [1.807, 2.05) is 54.6 Å². The third kappa shape index (κ3) is 4.58. The maximum absolute atomic E-state index is 12.7. The van der Waals surface area contributed by atoms with E-state index in [9.17, 15) is 9.59 Å². The smallest absolute Gasteiger partial charge is 0.414 e. The summed E-state index contributed by atoms with van der Waals surface area (Å²) in [4.78, 5) is 26.0. The molecule has 3 aromatic carbocycles. The fourth-order valence-electron chi connectivity index (χ4n) is 3.20. The Morgan fingerprint density at radius 2 is 1.80 bits per heavy atom. The molecule has 1 aliphatic heterocycles. The number of hydrogen-bond acceptors (Lipinski definition) is 4. The van der Waals surface area contributed by atoms with Gasteiger partial charge in [-0.25, -0.2) is 4.79 Å².